The molecule has 0 aliphatic heterocycles. The Morgan fingerprint density at radius 1 is 1.19 bits per heavy atom. The van der Waals surface area contributed by atoms with Gasteiger partial charge in [0.25, 0.3) is 0 Å². The Labute approximate surface area is 187 Å². The summed E-state index contributed by atoms with van der Waals surface area (Å²) < 4.78 is 33.7. The third-order valence-corrected chi connectivity index (χ3v) is 6.53. The van der Waals surface area contributed by atoms with Crippen molar-refractivity contribution >= 4 is 29.3 Å². The molecule has 1 unspecified atom stereocenters. The van der Waals surface area contributed by atoms with Crippen molar-refractivity contribution in [1.82, 2.24) is 15.1 Å². The number of carbonyl (C=O) groups excluding carboxylic acids is 1. The standard InChI is InChI=1S/C22H20ClF2N3O2S/c1-13(21-17(24)7-4-8-18(21)25)31-12-20(29)28(14-9-10-14)11-19-26-27-22(30-19)15-5-2-3-6-16(15)23/h2-8,13-14H,9-12H2,1H3. The highest BCUT2D eigenvalue weighted by molar-refractivity contribution is 8.00. The van der Waals surface area contributed by atoms with Gasteiger partial charge in [-0.15, -0.1) is 22.0 Å². The molecule has 3 aromatic rings. The van der Waals surface area contributed by atoms with Gasteiger partial charge in [-0.05, 0) is 44.0 Å². The van der Waals surface area contributed by atoms with Gasteiger partial charge in [0.05, 0.1) is 22.9 Å². The van der Waals surface area contributed by atoms with E-state index in [9.17, 15) is 13.6 Å². The molecule has 4 rings (SSSR count). The van der Waals surface area contributed by atoms with Crippen molar-refractivity contribution in [2.45, 2.75) is 37.6 Å². The SMILES string of the molecule is CC(SCC(=O)N(Cc1nnc(-c2ccccc2Cl)o1)C1CC1)c1c(F)cccc1F. The summed E-state index contributed by atoms with van der Waals surface area (Å²) in [5.41, 5.74) is 0.614. The Bertz CT molecular complexity index is 1070. The second-order valence-corrected chi connectivity index (χ2v) is 9.06. The van der Waals surface area contributed by atoms with Gasteiger partial charge in [0.1, 0.15) is 11.6 Å². The molecule has 0 saturated heterocycles. The summed E-state index contributed by atoms with van der Waals surface area (Å²) in [6.45, 7) is 1.87. The predicted molar refractivity (Wildman–Crippen MR) is 116 cm³/mol. The van der Waals surface area contributed by atoms with E-state index in [0.717, 1.165) is 12.8 Å². The van der Waals surface area contributed by atoms with Crippen LogP contribution in [-0.4, -0.2) is 32.8 Å². The lowest BCUT2D eigenvalue weighted by molar-refractivity contribution is -0.129. The molecule has 0 spiro atoms. The van der Waals surface area contributed by atoms with Gasteiger partial charge in [-0.2, -0.15) is 0 Å². The van der Waals surface area contributed by atoms with Crippen LogP contribution >= 0.6 is 23.4 Å². The molecule has 1 aromatic heterocycles. The van der Waals surface area contributed by atoms with Gasteiger partial charge >= 0.3 is 0 Å². The minimum atomic E-state index is -0.607. The lowest BCUT2D eigenvalue weighted by Crippen LogP contribution is -2.34. The Balaban J connectivity index is 1.41. The summed E-state index contributed by atoms with van der Waals surface area (Å²) in [6, 6.07) is 11.0. The number of hydrogen-bond acceptors (Lipinski definition) is 5. The van der Waals surface area contributed by atoms with Crippen LogP contribution < -0.4 is 0 Å². The molecule has 1 saturated carbocycles. The van der Waals surface area contributed by atoms with Crippen molar-refractivity contribution in [1.29, 1.82) is 0 Å². The van der Waals surface area contributed by atoms with E-state index in [4.69, 9.17) is 16.0 Å². The van der Waals surface area contributed by atoms with Crippen LogP contribution in [0, 0.1) is 11.6 Å². The van der Waals surface area contributed by atoms with E-state index in [1.807, 2.05) is 12.1 Å². The van der Waals surface area contributed by atoms with E-state index in [0.29, 0.717) is 22.4 Å². The highest BCUT2D eigenvalue weighted by atomic mass is 35.5. The average Bonchev–Trinajstić information content (AvgIpc) is 3.48. The first-order valence-electron chi connectivity index (χ1n) is 9.86. The summed E-state index contributed by atoms with van der Waals surface area (Å²) in [6.07, 6.45) is 1.80. The number of rotatable bonds is 8. The maximum Gasteiger partial charge on any atom is 0.249 e. The first-order chi connectivity index (χ1) is 14.9. The molecule has 31 heavy (non-hydrogen) atoms. The van der Waals surface area contributed by atoms with Gasteiger partial charge < -0.3 is 9.32 Å². The van der Waals surface area contributed by atoms with Gasteiger partial charge in [0.2, 0.25) is 17.7 Å². The third kappa shape index (κ3) is 5.07. The Kier molecular flexibility index (Phi) is 6.57. The van der Waals surface area contributed by atoms with Gasteiger partial charge in [-0.1, -0.05) is 29.8 Å². The minimum absolute atomic E-state index is 0.0143. The van der Waals surface area contributed by atoms with Gasteiger partial charge in [0.15, 0.2) is 0 Å². The van der Waals surface area contributed by atoms with Crippen molar-refractivity contribution in [3.05, 3.63) is 70.6 Å². The molecular formula is C22H20ClF2N3O2S. The zero-order chi connectivity index (χ0) is 22.0. The molecule has 1 fully saturated rings. The fourth-order valence-corrected chi connectivity index (χ4v) is 4.44. The molecule has 0 bridgehead atoms. The normalized spacial score (nSPS) is 14.5. The van der Waals surface area contributed by atoms with Crippen molar-refractivity contribution in [3.63, 3.8) is 0 Å². The lowest BCUT2D eigenvalue weighted by atomic mass is 10.1. The maximum atomic E-state index is 14.0. The molecule has 9 heteroatoms. The molecule has 1 aliphatic rings. The largest absolute Gasteiger partial charge is 0.419 e. The molecule has 2 aromatic carbocycles. The fourth-order valence-electron chi connectivity index (χ4n) is 3.28. The molecule has 162 valence electrons. The third-order valence-electron chi connectivity index (χ3n) is 5.05. The summed E-state index contributed by atoms with van der Waals surface area (Å²) >= 11 is 7.38. The second kappa shape index (κ2) is 9.36. The van der Waals surface area contributed by atoms with Crippen LogP contribution in [0.3, 0.4) is 0 Å². The van der Waals surface area contributed by atoms with Crippen molar-refractivity contribution < 1.29 is 18.0 Å². The van der Waals surface area contributed by atoms with Gasteiger partial charge in [-0.3, -0.25) is 4.79 Å². The van der Waals surface area contributed by atoms with Crippen LogP contribution in [0.1, 0.15) is 36.5 Å². The smallest absolute Gasteiger partial charge is 0.249 e. The topological polar surface area (TPSA) is 59.2 Å². The van der Waals surface area contributed by atoms with Crippen LogP contribution in [0.5, 0.6) is 0 Å². The number of thioether (sulfide) groups is 1. The quantitative estimate of drug-likeness (QED) is 0.431. The predicted octanol–water partition coefficient (Wildman–Crippen LogP) is 5.65. The highest BCUT2D eigenvalue weighted by Crippen LogP contribution is 2.34. The Hall–Kier alpha value is -2.45. The zero-order valence-electron chi connectivity index (χ0n) is 16.7. The van der Waals surface area contributed by atoms with E-state index in [2.05, 4.69) is 10.2 Å². The Morgan fingerprint density at radius 3 is 2.58 bits per heavy atom. The second-order valence-electron chi connectivity index (χ2n) is 7.32. The fraction of sp³-hybridized carbons (Fsp3) is 0.318. The highest BCUT2D eigenvalue weighted by Gasteiger charge is 2.34. The molecule has 5 nitrogen and oxygen atoms in total. The molecule has 1 amide bonds. The number of nitrogens with zero attached hydrogens (tertiary/aromatic N) is 3. The van der Waals surface area contributed by atoms with Crippen molar-refractivity contribution in [2.24, 2.45) is 0 Å². The van der Waals surface area contributed by atoms with Gasteiger partial charge in [0, 0.05) is 16.9 Å². The first kappa shape index (κ1) is 21.8. The number of aromatic nitrogens is 2. The molecule has 0 radical (unpaired) electrons. The number of hydrogen-bond donors (Lipinski definition) is 0. The molecule has 1 aliphatic carbocycles. The van der Waals surface area contributed by atoms with E-state index in [-0.39, 0.29) is 29.8 Å². The van der Waals surface area contributed by atoms with E-state index in [1.165, 1.54) is 30.0 Å². The first-order valence-corrected chi connectivity index (χ1v) is 11.3. The maximum absolute atomic E-state index is 14.0. The summed E-state index contributed by atoms with van der Waals surface area (Å²) in [7, 11) is 0. The zero-order valence-corrected chi connectivity index (χ0v) is 18.3. The van der Waals surface area contributed by atoms with Crippen LogP contribution in [0.15, 0.2) is 46.9 Å². The van der Waals surface area contributed by atoms with Gasteiger partial charge in [-0.25, -0.2) is 8.78 Å². The average molecular weight is 464 g/mol. The Morgan fingerprint density at radius 2 is 1.90 bits per heavy atom. The lowest BCUT2D eigenvalue weighted by Gasteiger charge is -2.21. The molecule has 1 atom stereocenters. The van der Waals surface area contributed by atoms with Crippen LogP contribution in [-0.2, 0) is 11.3 Å². The minimum Gasteiger partial charge on any atom is -0.419 e. The molecule has 0 N–H and O–H groups in total. The van der Waals surface area contributed by atoms with Crippen LogP contribution in [0.2, 0.25) is 5.02 Å². The number of halogens is 3. The van der Waals surface area contributed by atoms with Crippen molar-refractivity contribution in [2.75, 3.05) is 5.75 Å². The van der Waals surface area contributed by atoms with E-state index in [1.54, 1.807) is 24.0 Å². The van der Waals surface area contributed by atoms with Crippen molar-refractivity contribution in [3.8, 4) is 11.5 Å². The summed E-state index contributed by atoms with van der Waals surface area (Å²) in [4.78, 5) is 14.6. The summed E-state index contributed by atoms with van der Waals surface area (Å²) in [5.74, 6) is -0.644. The van der Waals surface area contributed by atoms with E-state index >= 15 is 0 Å². The summed E-state index contributed by atoms with van der Waals surface area (Å²) in [5, 5.41) is 8.10. The monoisotopic (exact) mass is 463 g/mol. The van der Waals surface area contributed by atoms with E-state index < -0.39 is 16.9 Å². The molecule has 1 heterocycles. The number of benzene rings is 2. The van der Waals surface area contributed by atoms with Crippen LogP contribution in [0.4, 0.5) is 8.78 Å². The van der Waals surface area contributed by atoms with Crippen LogP contribution in [0.25, 0.3) is 11.5 Å². The number of amides is 1. The molecular weight excluding hydrogens is 444 g/mol. The number of carbonyl (C=O) groups is 1.